The quantitative estimate of drug-likeness (QED) is 0.414. The third-order valence-electron chi connectivity index (χ3n) is 3.17. The summed E-state index contributed by atoms with van der Waals surface area (Å²) in [4.78, 5) is 4.14. The third-order valence-corrected chi connectivity index (χ3v) is 3.17. The number of rotatable bonds is 6. The van der Waals surface area contributed by atoms with Crippen molar-refractivity contribution in [2.45, 2.75) is 40.0 Å². The van der Waals surface area contributed by atoms with Crippen molar-refractivity contribution in [2.24, 2.45) is 10.9 Å². The average molecular weight is 427 g/mol. The number of alkyl halides is 2. The van der Waals surface area contributed by atoms with Crippen LogP contribution in [-0.4, -0.2) is 25.7 Å². The minimum absolute atomic E-state index is 0. The maximum Gasteiger partial charge on any atom is 0.387 e. The standard InChI is InChI=1S/C15H23F2N3O.HI/c1-10(2)11(3)20-15(18-4)19-9-12-6-5-7-13(8-12)21-14(16)17;/h5-8,10-11,14H,9H2,1-4H3,(H2,18,19,20);1H. The fraction of sp³-hybridized carbons (Fsp3) is 0.533. The Morgan fingerprint density at radius 2 is 1.95 bits per heavy atom. The van der Waals surface area contributed by atoms with Crippen LogP contribution in [-0.2, 0) is 6.54 Å². The number of hydrogen-bond acceptors (Lipinski definition) is 2. The molecule has 1 rings (SSSR count). The molecule has 1 unspecified atom stereocenters. The Morgan fingerprint density at radius 3 is 2.50 bits per heavy atom. The van der Waals surface area contributed by atoms with E-state index in [2.05, 4.69) is 41.1 Å². The molecule has 7 heteroatoms. The Bertz CT molecular complexity index is 470. The van der Waals surface area contributed by atoms with Crippen molar-refractivity contribution >= 4 is 29.9 Å². The summed E-state index contributed by atoms with van der Waals surface area (Å²) in [5.41, 5.74) is 0.841. The van der Waals surface area contributed by atoms with Crippen molar-refractivity contribution in [3.63, 3.8) is 0 Å². The van der Waals surface area contributed by atoms with E-state index in [1.165, 1.54) is 6.07 Å². The van der Waals surface area contributed by atoms with Crippen LogP contribution in [0, 0.1) is 5.92 Å². The van der Waals surface area contributed by atoms with E-state index in [-0.39, 0.29) is 35.8 Å². The van der Waals surface area contributed by atoms with Gasteiger partial charge in [0, 0.05) is 19.6 Å². The van der Waals surface area contributed by atoms with E-state index in [1.807, 2.05) is 6.07 Å². The number of aliphatic imine (C=N–C) groups is 1. The van der Waals surface area contributed by atoms with Crippen LogP contribution in [0.4, 0.5) is 8.78 Å². The van der Waals surface area contributed by atoms with E-state index in [4.69, 9.17) is 0 Å². The summed E-state index contributed by atoms with van der Waals surface area (Å²) in [5.74, 6) is 1.31. The molecule has 0 heterocycles. The van der Waals surface area contributed by atoms with Crippen LogP contribution in [0.25, 0.3) is 0 Å². The number of hydrogen-bond donors (Lipinski definition) is 2. The summed E-state index contributed by atoms with van der Waals surface area (Å²) in [6.07, 6.45) is 0. The molecular formula is C15H24F2IN3O. The van der Waals surface area contributed by atoms with Gasteiger partial charge in [0.15, 0.2) is 5.96 Å². The van der Waals surface area contributed by atoms with Crippen molar-refractivity contribution in [1.82, 2.24) is 10.6 Å². The molecule has 1 aromatic carbocycles. The molecular weight excluding hydrogens is 403 g/mol. The molecule has 1 aromatic rings. The summed E-state index contributed by atoms with van der Waals surface area (Å²) in [7, 11) is 1.69. The van der Waals surface area contributed by atoms with Gasteiger partial charge < -0.3 is 15.4 Å². The molecule has 4 nitrogen and oxygen atoms in total. The van der Waals surface area contributed by atoms with Crippen LogP contribution < -0.4 is 15.4 Å². The van der Waals surface area contributed by atoms with Crippen molar-refractivity contribution in [3.8, 4) is 5.75 Å². The molecule has 0 radical (unpaired) electrons. The maximum absolute atomic E-state index is 12.2. The molecule has 0 aromatic heterocycles. The van der Waals surface area contributed by atoms with E-state index in [9.17, 15) is 8.78 Å². The summed E-state index contributed by atoms with van der Waals surface area (Å²) in [5, 5.41) is 6.42. The zero-order valence-corrected chi connectivity index (χ0v) is 15.6. The largest absolute Gasteiger partial charge is 0.435 e. The lowest BCUT2D eigenvalue weighted by Gasteiger charge is -2.20. The first-order chi connectivity index (χ1) is 9.92. The van der Waals surface area contributed by atoms with Crippen molar-refractivity contribution in [3.05, 3.63) is 29.8 Å². The maximum atomic E-state index is 12.2. The van der Waals surface area contributed by atoms with Gasteiger partial charge in [-0.3, -0.25) is 4.99 Å². The van der Waals surface area contributed by atoms with Gasteiger partial charge in [0.2, 0.25) is 0 Å². The van der Waals surface area contributed by atoms with Gasteiger partial charge in [-0.2, -0.15) is 8.78 Å². The SMILES string of the molecule is CN=C(NCc1cccc(OC(F)F)c1)NC(C)C(C)C.I. The molecule has 1 atom stereocenters. The number of guanidine groups is 1. The Kier molecular flexibility index (Phi) is 10.0. The van der Waals surface area contributed by atoms with Gasteiger partial charge in [-0.25, -0.2) is 0 Å². The second-order valence-corrected chi connectivity index (χ2v) is 5.13. The molecule has 0 fully saturated rings. The molecule has 22 heavy (non-hydrogen) atoms. The monoisotopic (exact) mass is 427 g/mol. The molecule has 0 aliphatic carbocycles. The van der Waals surface area contributed by atoms with E-state index >= 15 is 0 Å². The summed E-state index contributed by atoms with van der Waals surface area (Å²) in [6.45, 7) is 3.99. The number of benzene rings is 1. The van der Waals surface area contributed by atoms with E-state index in [0.29, 0.717) is 18.4 Å². The predicted molar refractivity (Wildman–Crippen MR) is 96.1 cm³/mol. The summed E-state index contributed by atoms with van der Waals surface area (Å²) in [6, 6.07) is 6.89. The first kappa shape index (κ1) is 20.9. The van der Waals surface area contributed by atoms with Crippen molar-refractivity contribution in [2.75, 3.05) is 7.05 Å². The number of ether oxygens (including phenoxy) is 1. The average Bonchev–Trinajstić information content (AvgIpc) is 2.42. The molecule has 126 valence electrons. The summed E-state index contributed by atoms with van der Waals surface area (Å²) < 4.78 is 28.7. The molecule has 0 aliphatic heterocycles. The molecule has 0 bridgehead atoms. The van der Waals surface area contributed by atoms with E-state index < -0.39 is 6.61 Å². The number of nitrogens with one attached hydrogen (secondary N) is 2. The first-order valence-electron chi connectivity index (χ1n) is 6.93. The van der Waals surface area contributed by atoms with Crippen LogP contribution in [0.2, 0.25) is 0 Å². The van der Waals surface area contributed by atoms with Crippen molar-refractivity contribution in [1.29, 1.82) is 0 Å². The highest BCUT2D eigenvalue weighted by Gasteiger charge is 2.09. The van der Waals surface area contributed by atoms with Gasteiger partial charge >= 0.3 is 6.61 Å². The minimum atomic E-state index is -2.81. The lowest BCUT2D eigenvalue weighted by Crippen LogP contribution is -2.43. The van der Waals surface area contributed by atoms with Gasteiger partial charge in [0.25, 0.3) is 0 Å². The lowest BCUT2D eigenvalue weighted by molar-refractivity contribution is -0.0498. The molecule has 0 saturated carbocycles. The summed E-state index contributed by atoms with van der Waals surface area (Å²) >= 11 is 0. The minimum Gasteiger partial charge on any atom is -0.435 e. The Labute approximate surface area is 147 Å². The van der Waals surface area contributed by atoms with E-state index in [0.717, 1.165) is 5.56 Å². The van der Waals surface area contributed by atoms with Crippen LogP contribution in [0.15, 0.2) is 29.3 Å². The van der Waals surface area contributed by atoms with Crippen LogP contribution >= 0.6 is 24.0 Å². The smallest absolute Gasteiger partial charge is 0.387 e. The normalized spacial score (nSPS) is 12.8. The Balaban J connectivity index is 0.00000441. The second kappa shape index (κ2) is 10.6. The van der Waals surface area contributed by atoms with Gasteiger partial charge in [-0.15, -0.1) is 24.0 Å². The topological polar surface area (TPSA) is 45.7 Å². The molecule has 0 spiro atoms. The number of halogens is 3. The molecule has 2 N–H and O–H groups in total. The predicted octanol–water partition coefficient (Wildman–Crippen LogP) is 3.62. The van der Waals surface area contributed by atoms with Gasteiger partial charge in [0.05, 0.1) is 0 Å². The third kappa shape index (κ3) is 7.77. The van der Waals surface area contributed by atoms with Crippen LogP contribution in [0.1, 0.15) is 26.3 Å². The lowest BCUT2D eigenvalue weighted by atomic mass is 10.1. The zero-order valence-electron chi connectivity index (χ0n) is 13.3. The zero-order chi connectivity index (χ0) is 15.8. The highest BCUT2D eigenvalue weighted by molar-refractivity contribution is 14.0. The fourth-order valence-electron chi connectivity index (χ4n) is 1.59. The molecule has 0 amide bonds. The first-order valence-corrected chi connectivity index (χ1v) is 6.93. The Morgan fingerprint density at radius 1 is 1.27 bits per heavy atom. The second-order valence-electron chi connectivity index (χ2n) is 5.13. The van der Waals surface area contributed by atoms with Crippen LogP contribution in [0.5, 0.6) is 5.75 Å². The highest BCUT2D eigenvalue weighted by atomic mass is 127. The highest BCUT2D eigenvalue weighted by Crippen LogP contribution is 2.15. The molecule has 0 saturated heterocycles. The van der Waals surface area contributed by atoms with Crippen LogP contribution in [0.3, 0.4) is 0 Å². The van der Waals surface area contributed by atoms with Crippen molar-refractivity contribution < 1.29 is 13.5 Å². The number of nitrogens with zero attached hydrogens (tertiary/aromatic N) is 1. The Hall–Kier alpha value is -1.12. The van der Waals surface area contributed by atoms with Gasteiger partial charge in [-0.1, -0.05) is 26.0 Å². The fourth-order valence-corrected chi connectivity index (χ4v) is 1.59. The molecule has 0 aliphatic rings. The van der Waals surface area contributed by atoms with Gasteiger partial charge in [-0.05, 0) is 30.5 Å². The van der Waals surface area contributed by atoms with E-state index in [1.54, 1.807) is 19.2 Å². The van der Waals surface area contributed by atoms with Gasteiger partial charge in [0.1, 0.15) is 5.75 Å².